The molecule has 1 N–H and O–H groups in total. The number of nitrogens with zero attached hydrogens (tertiary/aromatic N) is 4. The first-order chi connectivity index (χ1) is 13.2. The molecule has 7 nitrogen and oxygen atoms in total. The minimum Gasteiger partial charge on any atom is -0.350 e. The van der Waals surface area contributed by atoms with Crippen molar-refractivity contribution < 1.29 is 9.59 Å². The zero-order valence-electron chi connectivity index (χ0n) is 16.2. The van der Waals surface area contributed by atoms with Crippen LogP contribution in [0.15, 0.2) is 6.20 Å². The summed E-state index contributed by atoms with van der Waals surface area (Å²) < 4.78 is 1.87. The summed E-state index contributed by atoms with van der Waals surface area (Å²) in [5, 5.41) is 11.4. The number of aromatic nitrogens is 3. The molecule has 0 atom stereocenters. The Labute approximate surface area is 160 Å². The number of nitrogens with one attached hydrogen (secondary N) is 1. The number of hydrogen-bond acceptors (Lipinski definition) is 4. The van der Waals surface area contributed by atoms with Gasteiger partial charge >= 0.3 is 0 Å². The quantitative estimate of drug-likeness (QED) is 0.819. The van der Waals surface area contributed by atoms with Gasteiger partial charge in [0.15, 0.2) is 0 Å². The minimum atomic E-state index is -0.332. The number of carbonyl (C=O) groups is 2. The lowest BCUT2D eigenvalue weighted by atomic mass is 9.73. The molecular formula is C20H31N5O2. The van der Waals surface area contributed by atoms with Crippen molar-refractivity contribution in [3.63, 3.8) is 0 Å². The predicted molar refractivity (Wildman–Crippen MR) is 101 cm³/mol. The molecule has 27 heavy (non-hydrogen) atoms. The molecule has 0 unspecified atom stereocenters. The van der Waals surface area contributed by atoms with Gasteiger partial charge in [0.2, 0.25) is 11.8 Å². The Hall–Kier alpha value is -1.92. The zero-order chi connectivity index (χ0) is 18.7. The fraction of sp³-hybridized carbons (Fsp3) is 0.800. The molecule has 2 fully saturated rings. The Morgan fingerprint density at radius 2 is 1.81 bits per heavy atom. The Morgan fingerprint density at radius 1 is 1.04 bits per heavy atom. The van der Waals surface area contributed by atoms with Crippen molar-refractivity contribution in [2.75, 3.05) is 13.1 Å². The van der Waals surface area contributed by atoms with Gasteiger partial charge in [-0.05, 0) is 38.5 Å². The summed E-state index contributed by atoms with van der Waals surface area (Å²) in [6.45, 7) is 2.76. The van der Waals surface area contributed by atoms with E-state index in [1.165, 1.54) is 12.8 Å². The van der Waals surface area contributed by atoms with E-state index in [-0.39, 0.29) is 17.2 Å². The van der Waals surface area contributed by atoms with Gasteiger partial charge in [0.1, 0.15) is 5.69 Å². The van der Waals surface area contributed by atoms with Crippen LogP contribution in [0.4, 0.5) is 0 Å². The van der Waals surface area contributed by atoms with Crippen LogP contribution in [0.1, 0.15) is 69.9 Å². The Kier molecular flexibility index (Phi) is 5.45. The highest BCUT2D eigenvalue weighted by molar-refractivity contribution is 5.84. The third kappa shape index (κ3) is 4.01. The number of fused-ring (bicyclic) bond motifs is 2. The average Bonchev–Trinajstić information content (AvgIpc) is 3.37. The highest BCUT2D eigenvalue weighted by Gasteiger charge is 2.42. The first-order valence-corrected chi connectivity index (χ1v) is 10.6. The van der Waals surface area contributed by atoms with Gasteiger partial charge in [-0.25, -0.2) is 0 Å². The maximum absolute atomic E-state index is 13.1. The van der Waals surface area contributed by atoms with Crippen LogP contribution in [0.2, 0.25) is 0 Å². The van der Waals surface area contributed by atoms with Crippen LogP contribution >= 0.6 is 0 Å². The maximum atomic E-state index is 13.1. The topological polar surface area (TPSA) is 80.1 Å². The number of hydrogen-bond donors (Lipinski definition) is 1. The molecule has 2 bridgehead atoms. The standard InChI is InChI=1S/C20H31N5O2/c26-18(16-6-2-3-7-16)24-12-9-20(10-13-24)8-4-1-5-11-25-15-17(22-23-25)14-21-19(20)27/h15-16H,1-14H2,(H,21,27). The van der Waals surface area contributed by atoms with Gasteiger partial charge in [0.05, 0.1) is 18.2 Å². The molecule has 1 aromatic rings. The lowest BCUT2D eigenvalue weighted by Crippen LogP contribution is -2.51. The van der Waals surface area contributed by atoms with Crippen LogP contribution in [0.3, 0.4) is 0 Å². The predicted octanol–water partition coefficient (Wildman–Crippen LogP) is 2.27. The fourth-order valence-corrected chi connectivity index (χ4v) is 4.98. The highest BCUT2D eigenvalue weighted by atomic mass is 16.2. The molecule has 2 aliphatic heterocycles. The first kappa shape index (κ1) is 18.4. The molecule has 0 aromatic carbocycles. The number of piperidine rings is 1. The van der Waals surface area contributed by atoms with Crippen molar-refractivity contribution in [3.8, 4) is 0 Å². The molecule has 2 amide bonds. The summed E-state index contributed by atoms with van der Waals surface area (Å²) in [5.41, 5.74) is 0.481. The van der Waals surface area contributed by atoms with E-state index in [2.05, 4.69) is 15.6 Å². The maximum Gasteiger partial charge on any atom is 0.226 e. The van der Waals surface area contributed by atoms with E-state index in [4.69, 9.17) is 0 Å². The summed E-state index contributed by atoms with van der Waals surface area (Å²) in [4.78, 5) is 27.8. The number of aryl methyl sites for hydroxylation is 1. The summed E-state index contributed by atoms with van der Waals surface area (Å²) in [7, 11) is 0. The second kappa shape index (κ2) is 7.98. The largest absolute Gasteiger partial charge is 0.350 e. The molecule has 1 aliphatic carbocycles. The van der Waals surface area contributed by atoms with Gasteiger partial charge in [-0.15, -0.1) is 5.10 Å². The molecule has 1 spiro atoms. The molecule has 7 heteroatoms. The van der Waals surface area contributed by atoms with Crippen LogP contribution in [-0.2, 0) is 22.7 Å². The molecule has 148 valence electrons. The van der Waals surface area contributed by atoms with Crippen molar-refractivity contribution in [3.05, 3.63) is 11.9 Å². The van der Waals surface area contributed by atoms with Crippen molar-refractivity contribution >= 4 is 11.8 Å². The monoisotopic (exact) mass is 373 g/mol. The fourth-order valence-electron chi connectivity index (χ4n) is 4.98. The molecule has 3 heterocycles. The second-order valence-electron chi connectivity index (χ2n) is 8.55. The Morgan fingerprint density at radius 3 is 2.59 bits per heavy atom. The smallest absolute Gasteiger partial charge is 0.226 e. The van der Waals surface area contributed by atoms with Gasteiger partial charge in [-0.2, -0.15) is 0 Å². The van der Waals surface area contributed by atoms with E-state index in [9.17, 15) is 9.59 Å². The summed E-state index contributed by atoms with van der Waals surface area (Å²) in [6.07, 6.45) is 12.1. The van der Waals surface area contributed by atoms with Gasteiger partial charge < -0.3 is 10.2 Å². The van der Waals surface area contributed by atoms with E-state index in [0.29, 0.717) is 12.5 Å². The SMILES string of the molecule is O=C(C1CCCC1)N1CCC2(CCCCCn3cc(nn3)CNC2=O)CC1. The molecule has 1 saturated carbocycles. The third-order valence-corrected chi connectivity index (χ3v) is 6.78. The van der Waals surface area contributed by atoms with E-state index >= 15 is 0 Å². The normalized spacial score (nSPS) is 24.3. The number of amides is 2. The van der Waals surface area contributed by atoms with Gasteiger partial charge in [-0.3, -0.25) is 14.3 Å². The molecule has 3 aliphatic rings. The lowest BCUT2D eigenvalue weighted by molar-refractivity contribution is -0.143. The van der Waals surface area contributed by atoms with Crippen LogP contribution in [0, 0.1) is 11.3 Å². The van der Waals surface area contributed by atoms with Crippen LogP contribution < -0.4 is 5.32 Å². The second-order valence-corrected chi connectivity index (χ2v) is 8.55. The van der Waals surface area contributed by atoms with E-state index in [1.807, 2.05) is 15.8 Å². The highest BCUT2D eigenvalue weighted by Crippen LogP contribution is 2.38. The van der Waals surface area contributed by atoms with Crippen molar-refractivity contribution in [2.45, 2.75) is 77.3 Å². The number of rotatable bonds is 1. The zero-order valence-corrected chi connectivity index (χ0v) is 16.2. The summed E-state index contributed by atoms with van der Waals surface area (Å²) in [6, 6.07) is 0. The van der Waals surface area contributed by atoms with Crippen LogP contribution in [0.25, 0.3) is 0 Å². The molecule has 1 saturated heterocycles. The Balaban J connectivity index is 1.41. The van der Waals surface area contributed by atoms with Gasteiger partial charge in [0, 0.05) is 25.6 Å². The van der Waals surface area contributed by atoms with Crippen molar-refractivity contribution in [1.82, 2.24) is 25.2 Å². The third-order valence-electron chi connectivity index (χ3n) is 6.78. The molecule has 4 rings (SSSR count). The lowest BCUT2D eigenvalue weighted by Gasteiger charge is -2.41. The van der Waals surface area contributed by atoms with E-state index in [1.54, 1.807) is 0 Å². The molecular weight excluding hydrogens is 342 g/mol. The first-order valence-electron chi connectivity index (χ1n) is 10.6. The van der Waals surface area contributed by atoms with Gasteiger partial charge in [-0.1, -0.05) is 30.9 Å². The summed E-state index contributed by atoms with van der Waals surface area (Å²) >= 11 is 0. The summed E-state index contributed by atoms with van der Waals surface area (Å²) in [5.74, 6) is 0.685. The van der Waals surface area contributed by atoms with Crippen molar-refractivity contribution in [2.24, 2.45) is 11.3 Å². The van der Waals surface area contributed by atoms with E-state index in [0.717, 1.165) is 76.7 Å². The minimum absolute atomic E-state index is 0.130. The average molecular weight is 374 g/mol. The molecule has 0 radical (unpaired) electrons. The number of likely N-dealkylation sites (tertiary alicyclic amines) is 1. The van der Waals surface area contributed by atoms with Gasteiger partial charge in [0.25, 0.3) is 0 Å². The van der Waals surface area contributed by atoms with Crippen molar-refractivity contribution in [1.29, 1.82) is 0 Å². The Bertz CT molecular complexity index is 672. The van der Waals surface area contributed by atoms with Crippen LogP contribution in [0.5, 0.6) is 0 Å². The van der Waals surface area contributed by atoms with Crippen LogP contribution in [-0.4, -0.2) is 44.8 Å². The molecule has 1 aromatic heterocycles. The van der Waals surface area contributed by atoms with E-state index < -0.39 is 0 Å². The number of carbonyl (C=O) groups excluding carboxylic acids is 2.